The van der Waals surface area contributed by atoms with E-state index in [9.17, 15) is 15.2 Å². The summed E-state index contributed by atoms with van der Waals surface area (Å²) in [5.41, 5.74) is 5.03. The highest BCUT2D eigenvalue weighted by molar-refractivity contribution is 6.47. The Morgan fingerprint density at radius 2 is 1.81 bits per heavy atom. The van der Waals surface area contributed by atoms with E-state index in [2.05, 4.69) is 0 Å². The van der Waals surface area contributed by atoms with E-state index < -0.39 is 29.2 Å². The summed E-state index contributed by atoms with van der Waals surface area (Å²) < 4.78 is 11.6. The van der Waals surface area contributed by atoms with Crippen molar-refractivity contribution in [2.75, 3.05) is 0 Å². The predicted molar refractivity (Wildman–Crippen MR) is 77.8 cm³/mol. The van der Waals surface area contributed by atoms with E-state index >= 15 is 0 Å². The van der Waals surface area contributed by atoms with Crippen LogP contribution in [0.5, 0.6) is 5.75 Å². The van der Waals surface area contributed by atoms with Crippen LogP contribution < -0.4 is 5.73 Å². The third kappa shape index (κ3) is 2.74. The van der Waals surface area contributed by atoms with Gasteiger partial charge in [-0.05, 0) is 33.8 Å². The number of rotatable bonds is 3. The zero-order valence-electron chi connectivity index (χ0n) is 12.5. The maximum absolute atomic E-state index is 10.8. The normalized spacial score (nSPS) is 21.3. The van der Waals surface area contributed by atoms with E-state index in [0.29, 0.717) is 0 Å². The third-order valence-corrected chi connectivity index (χ3v) is 4.15. The van der Waals surface area contributed by atoms with E-state index in [4.69, 9.17) is 15.0 Å². The lowest BCUT2D eigenvalue weighted by atomic mass is 9.74. The Morgan fingerprint density at radius 3 is 2.29 bits per heavy atom. The van der Waals surface area contributed by atoms with Gasteiger partial charge in [-0.25, -0.2) is 0 Å². The Morgan fingerprint density at radius 1 is 1.29 bits per heavy atom. The summed E-state index contributed by atoms with van der Waals surface area (Å²) in [7, 11) is -0.789. The van der Waals surface area contributed by atoms with Crippen molar-refractivity contribution in [3.05, 3.63) is 33.9 Å². The minimum atomic E-state index is -0.828. The first-order valence-electron chi connectivity index (χ1n) is 6.64. The van der Waals surface area contributed by atoms with Crippen molar-refractivity contribution in [2.45, 2.75) is 44.8 Å². The van der Waals surface area contributed by atoms with Gasteiger partial charge in [0.25, 0.3) is 5.69 Å². The van der Waals surface area contributed by atoms with E-state index in [0.717, 1.165) is 0 Å². The molecule has 0 saturated carbocycles. The van der Waals surface area contributed by atoms with Crippen LogP contribution in [0, 0.1) is 10.1 Å². The molecule has 8 heteroatoms. The smallest absolute Gasteiger partial charge is 0.480 e. The fourth-order valence-electron chi connectivity index (χ4n) is 2.10. The summed E-state index contributed by atoms with van der Waals surface area (Å²) >= 11 is 0. The van der Waals surface area contributed by atoms with Crippen LogP contribution >= 0.6 is 0 Å². The molecule has 0 aromatic heterocycles. The Hall–Kier alpha value is -1.64. The predicted octanol–water partition coefficient (Wildman–Crippen LogP) is 1.93. The topological polar surface area (TPSA) is 108 Å². The van der Waals surface area contributed by atoms with Gasteiger partial charge < -0.3 is 20.1 Å². The molecule has 0 aliphatic carbocycles. The van der Waals surface area contributed by atoms with Crippen molar-refractivity contribution in [3.63, 3.8) is 0 Å². The van der Waals surface area contributed by atoms with Crippen LogP contribution in [0.1, 0.15) is 39.2 Å². The molecule has 1 fully saturated rings. The molecule has 1 aromatic rings. The molecule has 2 rings (SSSR count). The number of nitro groups is 1. The fourth-order valence-corrected chi connectivity index (χ4v) is 2.10. The van der Waals surface area contributed by atoms with Crippen molar-refractivity contribution < 1.29 is 19.3 Å². The summed E-state index contributed by atoms with van der Waals surface area (Å²) in [6.07, 6.45) is 0. The minimum absolute atomic E-state index is 0.122. The molecule has 114 valence electrons. The van der Waals surface area contributed by atoms with Crippen LogP contribution in [-0.2, 0) is 9.31 Å². The highest BCUT2D eigenvalue weighted by atomic mass is 16.7. The van der Waals surface area contributed by atoms with Gasteiger partial charge in [-0.1, -0.05) is 0 Å². The maximum Gasteiger partial charge on any atom is 0.480 e. The molecule has 1 aliphatic rings. The monoisotopic (exact) mass is 294 g/mol. The molecule has 1 saturated heterocycles. The molecule has 1 atom stereocenters. The van der Waals surface area contributed by atoms with Crippen LogP contribution in [0.15, 0.2) is 18.2 Å². The second-order valence-corrected chi connectivity index (χ2v) is 6.15. The molecule has 7 nitrogen and oxygen atoms in total. The molecule has 1 heterocycles. The van der Waals surface area contributed by atoms with Gasteiger partial charge in [-0.2, -0.15) is 0 Å². The summed E-state index contributed by atoms with van der Waals surface area (Å²) in [6.45, 7) is 7.53. The first kappa shape index (κ1) is 15.7. The molecule has 0 radical (unpaired) electrons. The zero-order valence-corrected chi connectivity index (χ0v) is 12.5. The van der Waals surface area contributed by atoms with Crippen LogP contribution in [0.3, 0.4) is 0 Å². The molecule has 0 amide bonds. The van der Waals surface area contributed by atoms with E-state index in [1.807, 2.05) is 27.7 Å². The molecule has 21 heavy (non-hydrogen) atoms. The SMILES string of the molecule is CC1(C)OB([C@@H](N)c2cc([N+](=O)[O-])ccc2O)OC1(C)C. The van der Waals surface area contributed by atoms with Gasteiger partial charge in [0.2, 0.25) is 0 Å². The largest absolute Gasteiger partial charge is 0.508 e. The molecular weight excluding hydrogens is 275 g/mol. The van der Waals surface area contributed by atoms with Crippen LogP contribution in [0.2, 0.25) is 0 Å². The van der Waals surface area contributed by atoms with Gasteiger partial charge in [0.05, 0.1) is 22.1 Å². The number of hydrogen-bond acceptors (Lipinski definition) is 6. The van der Waals surface area contributed by atoms with Crippen molar-refractivity contribution in [3.8, 4) is 5.75 Å². The number of phenols is 1. The van der Waals surface area contributed by atoms with Gasteiger partial charge >= 0.3 is 7.12 Å². The lowest BCUT2D eigenvalue weighted by molar-refractivity contribution is -0.384. The van der Waals surface area contributed by atoms with Crippen molar-refractivity contribution in [2.24, 2.45) is 5.73 Å². The van der Waals surface area contributed by atoms with Crippen molar-refractivity contribution >= 4 is 12.8 Å². The molecule has 1 aromatic carbocycles. The second kappa shape index (κ2) is 4.97. The van der Waals surface area contributed by atoms with Crippen molar-refractivity contribution in [1.82, 2.24) is 0 Å². The zero-order chi connectivity index (χ0) is 16.0. The summed E-state index contributed by atoms with van der Waals surface area (Å²) in [4.78, 5) is 10.3. The summed E-state index contributed by atoms with van der Waals surface area (Å²) in [6, 6.07) is 3.71. The molecule has 0 bridgehead atoms. The maximum atomic E-state index is 10.8. The molecule has 3 N–H and O–H groups in total. The fraction of sp³-hybridized carbons (Fsp3) is 0.538. The van der Waals surface area contributed by atoms with Gasteiger partial charge in [-0.3, -0.25) is 10.1 Å². The number of non-ortho nitro benzene ring substituents is 1. The molecule has 1 aliphatic heterocycles. The quantitative estimate of drug-likeness (QED) is 0.501. The Labute approximate surface area is 123 Å². The number of nitrogens with zero attached hydrogens (tertiary/aromatic N) is 1. The summed E-state index contributed by atoms with van der Waals surface area (Å²) in [5.74, 6) is -0.950. The lowest BCUT2D eigenvalue weighted by Crippen LogP contribution is -2.41. The number of benzene rings is 1. The number of aromatic hydroxyl groups is 1. The van der Waals surface area contributed by atoms with Gasteiger partial charge in [0.1, 0.15) is 5.75 Å². The van der Waals surface area contributed by atoms with Crippen LogP contribution in [0.4, 0.5) is 5.69 Å². The Balaban J connectivity index is 2.31. The van der Waals surface area contributed by atoms with Crippen LogP contribution in [0.25, 0.3) is 0 Å². The standard InChI is InChI=1S/C13H19BN2O5/c1-12(2)13(3,4)21-14(20-12)11(15)9-7-8(16(18)19)5-6-10(9)17/h5-7,11,17H,15H2,1-4H3/t11-/m0/s1. The lowest BCUT2D eigenvalue weighted by Gasteiger charge is -2.32. The summed E-state index contributed by atoms with van der Waals surface area (Å²) in [5, 5.41) is 20.7. The number of hydrogen-bond donors (Lipinski definition) is 2. The van der Waals surface area contributed by atoms with Crippen LogP contribution in [-0.4, -0.2) is 28.4 Å². The minimum Gasteiger partial charge on any atom is -0.508 e. The molecule has 0 spiro atoms. The Bertz CT molecular complexity index is 560. The highest BCUT2D eigenvalue weighted by Crippen LogP contribution is 2.41. The molecule has 0 unspecified atom stereocenters. The van der Waals surface area contributed by atoms with Crippen molar-refractivity contribution in [1.29, 1.82) is 0 Å². The second-order valence-electron chi connectivity index (χ2n) is 6.15. The van der Waals surface area contributed by atoms with E-state index in [-0.39, 0.29) is 17.0 Å². The van der Waals surface area contributed by atoms with Gasteiger partial charge in [-0.15, -0.1) is 0 Å². The first-order valence-corrected chi connectivity index (χ1v) is 6.64. The number of nitro benzene ring substituents is 1. The third-order valence-electron chi connectivity index (χ3n) is 4.15. The average molecular weight is 294 g/mol. The molecular formula is C13H19BN2O5. The van der Waals surface area contributed by atoms with E-state index in [1.165, 1.54) is 18.2 Å². The average Bonchev–Trinajstić information content (AvgIpc) is 2.58. The highest BCUT2D eigenvalue weighted by Gasteiger charge is 2.53. The van der Waals surface area contributed by atoms with E-state index in [1.54, 1.807) is 0 Å². The number of phenolic OH excluding ortho intramolecular Hbond substituents is 1. The van der Waals surface area contributed by atoms with Gasteiger partial charge in [0.15, 0.2) is 0 Å². The first-order chi connectivity index (χ1) is 9.55. The Kier molecular flexibility index (Phi) is 3.73. The number of nitrogens with two attached hydrogens (primary N) is 1. The van der Waals surface area contributed by atoms with Gasteiger partial charge in [0, 0.05) is 17.7 Å².